The van der Waals surface area contributed by atoms with Gasteiger partial charge in [-0.05, 0) is 37.0 Å². The summed E-state index contributed by atoms with van der Waals surface area (Å²) in [6.07, 6.45) is 0.804. The van der Waals surface area contributed by atoms with Gasteiger partial charge in [0.25, 0.3) is 0 Å². The minimum absolute atomic E-state index is 0.113. The van der Waals surface area contributed by atoms with E-state index in [1.54, 1.807) is 24.0 Å². The molecule has 6 nitrogen and oxygen atoms in total. The molecule has 0 radical (unpaired) electrons. The highest BCUT2D eigenvalue weighted by atomic mass is 19.1. The maximum atomic E-state index is 13.3. The first-order chi connectivity index (χ1) is 12.8. The van der Waals surface area contributed by atoms with Crippen LogP contribution in [0.4, 0.5) is 9.18 Å². The first kappa shape index (κ1) is 20.9. The zero-order valence-corrected chi connectivity index (χ0v) is 16.3. The number of amides is 2. The summed E-state index contributed by atoms with van der Waals surface area (Å²) in [4.78, 5) is 26.9. The molecule has 0 aliphatic carbocycles. The van der Waals surface area contributed by atoms with Gasteiger partial charge in [0, 0.05) is 19.4 Å². The molecule has 27 heavy (non-hydrogen) atoms. The van der Waals surface area contributed by atoms with Crippen molar-refractivity contribution in [3.63, 3.8) is 0 Å². The second-order valence-corrected chi connectivity index (χ2v) is 6.90. The Labute approximate surface area is 159 Å². The van der Waals surface area contributed by atoms with Crippen LogP contribution in [0.15, 0.2) is 35.5 Å². The standard InChI is InChI=1S/C20H27FN2O4/c1-13(2)9-10-23-14(3)17(19(24)27-12-11-26-4)18(22-20(23)25)15-5-7-16(21)8-6-15/h5-8,13,18H,9-12H2,1-4H3,(H,22,25). The summed E-state index contributed by atoms with van der Waals surface area (Å²) >= 11 is 0. The minimum Gasteiger partial charge on any atom is -0.460 e. The van der Waals surface area contributed by atoms with Crippen LogP contribution >= 0.6 is 0 Å². The predicted molar refractivity (Wildman–Crippen MR) is 99.4 cm³/mol. The molecule has 1 N–H and O–H groups in total. The van der Waals surface area contributed by atoms with Gasteiger partial charge in [0.1, 0.15) is 12.4 Å². The molecule has 0 saturated carbocycles. The fourth-order valence-electron chi connectivity index (χ4n) is 2.90. The van der Waals surface area contributed by atoms with E-state index in [0.29, 0.717) is 29.3 Å². The normalized spacial score (nSPS) is 17.3. The number of urea groups is 1. The van der Waals surface area contributed by atoms with Crippen LogP contribution in [0.3, 0.4) is 0 Å². The van der Waals surface area contributed by atoms with E-state index in [1.807, 2.05) is 0 Å². The van der Waals surface area contributed by atoms with Gasteiger partial charge < -0.3 is 14.8 Å². The van der Waals surface area contributed by atoms with E-state index in [2.05, 4.69) is 19.2 Å². The minimum atomic E-state index is -0.691. The van der Waals surface area contributed by atoms with Gasteiger partial charge in [0.05, 0.1) is 18.2 Å². The largest absolute Gasteiger partial charge is 0.460 e. The molecule has 0 fully saturated rings. The molecule has 1 heterocycles. The summed E-state index contributed by atoms with van der Waals surface area (Å²) < 4.78 is 23.5. The van der Waals surface area contributed by atoms with Gasteiger partial charge in [-0.1, -0.05) is 26.0 Å². The number of allylic oxidation sites excluding steroid dienone is 1. The molecule has 0 aromatic heterocycles. The zero-order chi connectivity index (χ0) is 20.0. The fourth-order valence-corrected chi connectivity index (χ4v) is 2.90. The van der Waals surface area contributed by atoms with Crippen molar-refractivity contribution in [2.75, 3.05) is 26.9 Å². The van der Waals surface area contributed by atoms with Crippen LogP contribution in [0.1, 0.15) is 38.8 Å². The Morgan fingerprint density at radius 3 is 2.52 bits per heavy atom. The van der Waals surface area contributed by atoms with Crippen LogP contribution in [0.25, 0.3) is 0 Å². The molecule has 2 rings (SSSR count). The third kappa shape index (κ3) is 5.29. The predicted octanol–water partition coefficient (Wildman–Crippen LogP) is 3.40. The molecule has 148 valence electrons. The quantitative estimate of drug-likeness (QED) is 0.556. The molecule has 7 heteroatoms. The zero-order valence-electron chi connectivity index (χ0n) is 16.3. The number of carbonyl (C=O) groups excluding carboxylic acids is 2. The molecule has 2 amide bonds. The molecule has 1 aromatic rings. The first-order valence-electron chi connectivity index (χ1n) is 9.05. The van der Waals surface area contributed by atoms with E-state index in [1.165, 1.54) is 19.2 Å². The van der Waals surface area contributed by atoms with Crippen molar-refractivity contribution in [3.8, 4) is 0 Å². The summed E-state index contributed by atoms with van der Waals surface area (Å²) in [5.74, 6) is -0.490. The van der Waals surface area contributed by atoms with Crippen molar-refractivity contribution in [2.45, 2.75) is 33.2 Å². The average Bonchev–Trinajstić information content (AvgIpc) is 2.61. The van der Waals surface area contributed by atoms with Crippen LogP contribution in [0, 0.1) is 11.7 Å². The SMILES string of the molecule is COCCOC(=O)C1=C(C)N(CCC(C)C)C(=O)NC1c1ccc(F)cc1. The highest BCUT2D eigenvalue weighted by Gasteiger charge is 2.36. The summed E-state index contributed by atoms with van der Waals surface area (Å²) in [6.45, 7) is 6.78. The van der Waals surface area contributed by atoms with E-state index >= 15 is 0 Å². The molecule has 1 aliphatic rings. The van der Waals surface area contributed by atoms with E-state index in [-0.39, 0.29) is 25.1 Å². The van der Waals surface area contributed by atoms with Crippen LogP contribution in [-0.4, -0.2) is 43.8 Å². The summed E-state index contributed by atoms with van der Waals surface area (Å²) in [6, 6.07) is 4.74. The summed E-state index contributed by atoms with van der Waals surface area (Å²) in [5.41, 5.74) is 1.52. The third-order valence-corrected chi connectivity index (χ3v) is 4.47. The van der Waals surface area contributed by atoms with Gasteiger partial charge in [0.2, 0.25) is 0 Å². The Hall–Kier alpha value is -2.41. The fraction of sp³-hybridized carbons (Fsp3) is 0.500. The number of esters is 1. The molecule has 0 bridgehead atoms. The van der Waals surface area contributed by atoms with Crippen molar-refractivity contribution >= 4 is 12.0 Å². The lowest BCUT2D eigenvalue weighted by Crippen LogP contribution is -2.48. The Morgan fingerprint density at radius 1 is 1.26 bits per heavy atom. The molecular weight excluding hydrogens is 351 g/mol. The number of hydrogen-bond donors (Lipinski definition) is 1. The topological polar surface area (TPSA) is 67.9 Å². The number of methoxy groups -OCH3 is 1. The number of carbonyl (C=O) groups is 2. The molecule has 0 spiro atoms. The van der Waals surface area contributed by atoms with E-state index in [4.69, 9.17) is 9.47 Å². The Bertz CT molecular complexity index is 700. The van der Waals surface area contributed by atoms with Crippen molar-refractivity contribution in [1.82, 2.24) is 10.2 Å². The second-order valence-electron chi connectivity index (χ2n) is 6.90. The lowest BCUT2D eigenvalue weighted by molar-refractivity contribution is -0.140. The maximum Gasteiger partial charge on any atom is 0.338 e. The summed E-state index contributed by atoms with van der Waals surface area (Å²) in [7, 11) is 1.52. The van der Waals surface area contributed by atoms with Crippen LogP contribution < -0.4 is 5.32 Å². The lowest BCUT2D eigenvalue weighted by atomic mass is 9.94. The summed E-state index contributed by atoms with van der Waals surface area (Å²) in [5, 5.41) is 2.85. The molecule has 0 saturated heterocycles. The average molecular weight is 378 g/mol. The van der Waals surface area contributed by atoms with E-state index in [0.717, 1.165) is 6.42 Å². The van der Waals surface area contributed by atoms with Crippen LogP contribution in [-0.2, 0) is 14.3 Å². The van der Waals surface area contributed by atoms with Gasteiger partial charge in [-0.25, -0.2) is 14.0 Å². The number of halogens is 1. The van der Waals surface area contributed by atoms with Crippen LogP contribution in [0.5, 0.6) is 0 Å². The smallest absolute Gasteiger partial charge is 0.338 e. The number of nitrogens with one attached hydrogen (secondary N) is 1. The Morgan fingerprint density at radius 2 is 1.93 bits per heavy atom. The molecule has 1 atom stereocenters. The number of benzene rings is 1. The van der Waals surface area contributed by atoms with Crippen LogP contribution in [0.2, 0.25) is 0 Å². The number of hydrogen-bond acceptors (Lipinski definition) is 4. The van der Waals surface area contributed by atoms with Gasteiger partial charge in [-0.2, -0.15) is 0 Å². The van der Waals surface area contributed by atoms with Gasteiger partial charge >= 0.3 is 12.0 Å². The highest BCUT2D eigenvalue weighted by Crippen LogP contribution is 2.31. The van der Waals surface area contributed by atoms with Crippen molar-refractivity contribution in [2.24, 2.45) is 5.92 Å². The Kier molecular flexibility index (Phi) is 7.36. The maximum absolute atomic E-state index is 13.3. The monoisotopic (exact) mass is 378 g/mol. The number of rotatable bonds is 8. The van der Waals surface area contributed by atoms with Crippen molar-refractivity contribution < 1.29 is 23.5 Å². The Balaban J connectivity index is 2.37. The molecule has 1 aromatic carbocycles. The number of nitrogens with zero attached hydrogens (tertiary/aromatic N) is 1. The van der Waals surface area contributed by atoms with E-state index < -0.39 is 12.0 Å². The molecule has 1 unspecified atom stereocenters. The van der Waals surface area contributed by atoms with Crippen molar-refractivity contribution in [1.29, 1.82) is 0 Å². The highest BCUT2D eigenvalue weighted by molar-refractivity contribution is 5.95. The van der Waals surface area contributed by atoms with E-state index in [9.17, 15) is 14.0 Å². The lowest BCUT2D eigenvalue weighted by Gasteiger charge is -2.35. The van der Waals surface area contributed by atoms with Gasteiger partial charge in [0.15, 0.2) is 0 Å². The van der Waals surface area contributed by atoms with Crippen molar-refractivity contribution in [3.05, 3.63) is 46.9 Å². The van der Waals surface area contributed by atoms with Gasteiger partial charge in [-0.3, -0.25) is 4.90 Å². The first-order valence-corrected chi connectivity index (χ1v) is 9.05. The second kappa shape index (κ2) is 9.50. The molecular formula is C20H27FN2O4. The van der Waals surface area contributed by atoms with Gasteiger partial charge in [-0.15, -0.1) is 0 Å². The third-order valence-electron chi connectivity index (χ3n) is 4.47. The number of ether oxygens (including phenoxy) is 2. The molecule has 1 aliphatic heterocycles.